The van der Waals surface area contributed by atoms with Crippen molar-refractivity contribution >= 4 is 65.6 Å². The molecular weight excluding hydrogens is 573 g/mol. The molecule has 214 valence electrons. The monoisotopic (exact) mass is 600 g/mol. The molecule has 1 heteroatoms. The summed E-state index contributed by atoms with van der Waals surface area (Å²) in [5.41, 5.74) is 6.66. The quantitative estimate of drug-likeness (QED) is 0.178. The van der Waals surface area contributed by atoms with Crippen LogP contribution in [0.25, 0.3) is 65.0 Å². The minimum absolute atomic E-state index is 0.0842. The third-order valence-corrected chi connectivity index (χ3v) is 11.2. The summed E-state index contributed by atoms with van der Waals surface area (Å²) in [6, 6.07) is 60.8. The second kappa shape index (κ2) is 10.1. The fraction of sp³-hybridized carbons (Fsp3) is 0.0222. The van der Waals surface area contributed by atoms with E-state index in [2.05, 4.69) is 164 Å². The Bertz CT molecular complexity index is 2540. The molecular formula is C45H28S. The molecule has 0 saturated heterocycles. The Kier molecular flexibility index (Phi) is 5.67. The molecule has 0 saturated carbocycles. The van der Waals surface area contributed by atoms with E-state index in [-0.39, 0.29) is 5.92 Å². The molecule has 0 aliphatic carbocycles. The first-order valence-electron chi connectivity index (χ1n) is 16.0. The molecule has 46 heavy (non-hydrogen) atoms. The zero-order valence-corrected chi connectivity index (χ0v) is 25.9. The molecule has 0 fully saturated rings. The van der Waals surface area contributed by atoms with E-state index in [1.54, 1.807) is 0 Å². The summed E-state index contributed by atoms with van der Waals surface area (Å²) in [4.78, 5) is 2.76. The minimum atomic E-state index is 0.0842. The van der Waals surface area contributed by atoms with Crippen LogP contribution >= 0.6 is 11.8 Å². The van der Waals surface area contributed by atoms with Crippen LogP contribution in [0.15, 0.2) is 174 Å². The van der Waals surface area contributed by atoms with Crippen LogP contribution in [0.4, 0.5) is 0 Å². The van der Waals surface area contributed by atoms with Crippen molar-refractivity contribution < 1.29 is 0 Å². The van der Waals surface area contributed by atoms with Crippen LogP contribution in [-0.2, 0) is 0 Å². The van der Waals surface area contributed by atoms with E-state index in [0.29, 0.717) is 0 Å². The van der Waals surface area contributed by atoms with Crippen LogP contribution < -0.4 is 0 Å². The van der Waals surface area contributed by atoms with Crippen LogP contribution in [0.2, 0.25) is 0 Å². The van der Waals surface area contributed by atoms with E-state index in [9.17, 15) is 0 Å². The zero-order valence-electron chi connectivity index (χ0n) is 25.1. The predicted octanol–water partition coefficient (Wildman–Crippen LogP) is 12.8. The lowest BCUT2D eigenvalue weighted by molar-refractivity contribution is 0.938. The fourth-order valence-electron chi connectivity index (χ4n) is 7.88. The molecule has 0 radical (unpaired) electrons. The van der Waals surface area contributed by atoms with Gasteiger partial charge >= 0.3 is 0 Å². The van der Waals surface area contributed by atoms with Crippen molar-refractivity contribution in [1.29, 1.82) is 0 Å². The Labute approximate surface area is 271 Å². The van der Waals surface area contributed by atoms with Gasteiger partial charge in [-0.2, -0.15) is 0 Å². The average Bonchev–Trinajstić information content (AvgIpc) is 3.14. The molecule has 1 heterocycles. The predicted molar refractivity (Wildman–Crippen MR) is 197 cm³/mol. The maximum absolute atomic E-state index is 2.38. The average molecular weight is 601 g/mol. The van der Waals surface area contributed by atoms with E-state index in [1.165, 1.54) is 91.5 Å². The fourth-order valence-corrected chi connectivity index (χ4v) is 9.34. The first-order chi connectivity index (χ1) is 22.8. The van der Waals surface area contributed by atoms with Gasteiger partial charge in [-0.25, -0.2) is 0 Å². The summed E-state index contributed by atoms with van der Waals surface area (Å²) in [7, 11) is 0. The molecule has 0 N–H and O–H groups in total. The maximum Gasteiger partial charge on any atom is 0.0375 e. The Morgan fingerprint density at radius 1 is 0.326 bits per heavy atom. The summed E-state index contributed by atoms with van der Waals surface area (Å²) in [6.45, 7) is 0. The summed E-state index contributed by atoms with van der Waals surface area (Å²) in [5.74, 6) is 0.0842. The second-order valence-electron chi connectivity index (χ2n) is 12.4. The lowest BCUT2D eigenvalue weighted by Crippen LogP contribution is -2.12. The molecule has 0 atom stereocenters. The smallest absolute Gasteiger partial charge is 0.0375 e. The van der Waals surface area contributed by atoms with Gasteiger partial charge in [0.25, 0.3) is 0 Å². The highest BCUT2D eigenvalue weighted by Crippen LogP contribution is 2.57. The molecule has 0 aromatic heterocycles. The Balaban J connectivity index is 1.29. The standard InChI is InChI=1S/C45H28S/c1-2-12-31-27-32(26-23-28(31)11-1)29-21-24-30(25-22-29)41-42-37-17-7-3-13-33(37)35-15-5-9-19-39(35)44(42)46-45-40-20-10-6-16-36(40)34-14-4-8-18-38(34)43(41)45/h1-27,41H. The summed E-state index contributed by atoms with van der Waals surface area (Å²) < 4.78 is 0. The van der Waals surface area contributed by atoms with Crippen molar-refractivity contribution in [2.24, 2.45) is 0 Å². The van der Waals surface area contributed by atoms with Crippen LogP contribution in [0.1, 0.15) is 22.6 Å². The van der Waals surface area contributed by atoms with Crippen molar-refractivity contribution in [2.45, 2.75) is 15.7 Å². The topological polar surface area (TPSA) is 0 Å². The van der Waals surface area contributed by atoms with Gasteiger partial charge in [0.2, 0.25) is 0 Å². The van der Waals surface area contributed by atoms with Gasteiger partial charge in [0.05, 0.1) is 0 Å². The van der Waals surface area contributed by atoms with Crippen LogP contribution in [-0.4, -0.2) is 0 Å². The van der Waals surface area contributed by atoms with E-state index >= 15 is 0 Å². The van der Waals surface area contributed by atoms with Gasteiger partial charge < -0.3 is 0 Å². The number of benzene rings is 9. The van der Waals surface area contributed by atoms with E-state index in [0.717, 1.165) is 0 Å². The third kappa shape index (κ3) is 3.76. The van der Waals surface area contributed by atoms with Gasteiger partial charge in [-0.15, -0.1) is 0 Å². The summed E-state index contributed by atoms with van der Waals surface area (Å²) >= 11 is 1.97. The molecule has 1 aliphatic heterocycles. The Morgan fingerprint density at radius 3 is 1.28 bits per heavy atom. The molecule has 1 aliphatic rings. The van der Waals surface area contributed by atoms with Gasteiger partial charge in [0, 0.05) is 15.7 Å². The molecule has 0 amide bonds. The summed E-state index contributed by atoms with van der Waals surface area (Å²) in [5, 5.41) is 13.2. The normalized spacial score (nSPS) is 13.0. The van der Waals surface area contributed by atoms with Gasteiger partial charge in [-0.05, 0) is 87.7 Å². The summed E-state index contributed by atoms with van der Waals surface area (Å²) in [6.07, 6.45) is 0. The van der Waals surface area contributed by atoms with Crippen LogP contribution in [0, 0.1) is 0 Å². The molecule has 10 rings (SSSR count). The van der Waals surface area contributed by atoms with Crippen molar-refractivity contribution in [3.8, 4) is 11.1 Å². The van der Waals surface area contributed by atoms with Crippen molar-refractivity contribution in [3.05, 3.63) is 180 Å². The van der Waals surface area contributed by atoms with Crippen LogP contribution in [0.3, 0.4) is 0 Å². The van der Waals surface area contributed by atoms with Crippen molar-refractivity contribution in [1.82, 2.24) is 0 Å². The van der Waals surface area contributed by atoms with E-state index in [1.807, 2.05) is 11.8 Å². The van der Waals surface area contributed by atoms with Crippen molar-refractivity contribution in [2.75, 3.05) is 0 Å². The lowest BCUT2D eigenvalue weighted by atomic mass is 9.78. The molecule has 9 aromatic carbocycles. The van der Waals surface area contributed by atoms with Gasteiger partial charge in [0.15, 0.2) is 0 Å². The third-order valence-electron chi connectivity index (χ3n) is 9.96. The van der Waals surface area contributed by atoms with Gasteiger partial charge in [0.1, 0.15) is 0 Å². The van der Waals surface area contributed by atoms with Gasteiger partial charge in [-0.1, -0.05) is 169 Å². The Morgan fingerprint density at radius 2 is 0.739 bits per heavy atom. The molecule has 0 unspecified atom stereocenters. The number of hydrogen-bond acceptors (Lipinski definition) is 1. The van der Waals surface area contributed by atoms with Crippen LogP contribution in [0.5, 0.6) is 0 Å². The highest BCUT2D eigenvalue weighted by atomic mass is 32.2. The molecule has 0 spiro atoms. The van der Waals surface area contributed by atoms with Gasteiger partial charge in [-0.3, -0.25) is 0 Å². The molecule has 0 nitrogen and oxygen atoms in total. The van der Waals surface area contributed by atoms with E-state index in [4.69, 9.17) is 0 Å². The minimum Gasteiger partial charge on any atom is -0.0881 e. The number of rotatable bonds is 2. The highest BCUT2D eigenvalue weighted by molar-refractivity contribution is 8.00. The SMILES string of the molecule is c1ccc2cc(-c3ccc(C4c5c(c6ccccc6c6ccccc56)Sc5c4c4ccccc4c4ccccc54)cc3)ccc2c1. The first-order valence-corrected chi connectivity index (χ1v) is 16.8. The molecule has 9 aromatic rings. The first kappa shape index (κ1) is 25.9. The largest absolute Gasteiger partial charge is 0.0881 e. The van der Waals surface area contributed by atoms with E-state index < -0.39 is 0 Å². The molecule has 0 bridgehead atoms. The number of hydrogen-bond donors (Lipinski definition) is 0. The second-order valence-corrected chi connectivity index (χ2v) is 13.4. The Hall–Kier alpha value is -5.37. The number of fused-ring (bicyclic) bond motifs is 13. The lowest BCUT2D eigenvalue weighted by Gasteiger charge is -2.33. The maximum atomic E-state index is 2.38. The highest BCUT2D eigenvalue weighted by Gasteiger charge is 2.34. The van der Waals surface area contributed by atoms with Crippen molar-refractivity contribution in [3.63, 3.8) is 0 Å². The zero-order chi connectivity index (χ0) is 30.2.